The average Bonchev–Trinajstić information content (AvgIpc) is 2.66. The smallest absolute Gasteiger partial charge is 0.220 e. The molecule has 1 amide bonds. The first-order valence-electron chi connectivity index (χ1n) is 8.59. The van der Waals surface area contributed by atoms with Crippen LogP contribution in [0.3, 0.4) is 0 Å². The topological polar surface area (TPSA) is 53.2 Å². The number of hydrogen-bond acceptors (Lipinski definition) is 2. The first-order chi connectivity index (χ1) is 12.2. The monoisotopic (exact) mass is 355 g/mol. The lowest BCUT2D eigenvalue weighted by Gasteiger charge is -2.30. The van der Waals surface area contributed by atoms with E-state index in [1.165, 1.54) is 0 Å². The van der Waals surface area contributed by atoms with E-state index in [0.717, 1.165) is 17.7 Å². The van der Waals surface area contributed by atoms with Gasteiger partial charge in [-0.2, -0.15) is 0 Å². The molecule has 2 aromatic carbocycles. The Bertz CT molecular complexity index is 676. The molecular weight excluding hydrogens is 330 g/mol. The summed E-state index contributed by atoms with van der Waals surface area (Å²) in [6.07, 6.45) is 0.433. The summed E-state index contributed by atoms with van der Waals surface area (Å²) in [5.74, 6) is 0.00551. The van der Waals surface area contributed by atoms with E-state index in [0.29, 0.717) is 11.5 Å². The lowest BCUT2D eigenvalue weighted by atomic mass is 9.93. The highest BCUT2D eigenvalue weighted by Crippen LogP contribution is 2.29. The van der Waals surface area contributed by atoms with Gasteiger partial charge in [-0.15, -0.1) is 0 Å². The molecule has 0 bridgehead atoms. The van der Waals surface area contributed by atoms with Gasteiger partial charge in [0.05, 0.1) is 12.1 Å². The van der Waals surface area contributed by atoms with Crippen molar-refractivity contribution < 1.29 is 4.79 Å². The molecule has 0 aliphatic heterocycles. The van der Waals surface area contributed by atoms with E-state index in [1.807, 2.05) is 74.5 Å². The minimum atomic E-state index is -0.229. The third-order valence-corrected chi connectivity index (χ3v) is 4.17. The molecule has 0 aromatic heterocycles. The van der Waals surface area contributed by atoms with Crippen LogP contribution in [0.2, 0.25) is 0 Å². The Morgan fingerprint density at radius 1 is 0.880 bits per heavy atom. The van der Waals surface area contributed by atoms with Crippen LogP contribution in [0.25, 0.3) is 0 Å². The van der Waals surface area contributed by atoms with Crippen LogP contribution in [0.1, 0.15) is 43.5 Å². The second-order valence-electron chi connectivity index (χ2n) is 5.70. The van der Waals surface area contributed by atoms with E-state index in [9.17, 15) is 4.79 Å². The summed E-state index contributed by atoms with van der Waals surface area (Å²) in [4.78, 5) is 12.2. The quantitative estimate of drug-likeness (QED) is 0.666. The van der Waals surface area contributed by atoms with Crippen molar-refractivity contribution in [2.45, 2.75) is 32.4 Å². The summed E-state index contributed by atoms with van der Waals surface area (Å²) >= 11 is 5.41. The molecule has 2 rings (SSSR count). The predicted octanol–water partition coefficient (Wildman–Crippen LogP) is 3.48. The molecule has 0 aliphatic carbocycles. The van der Waals surface area contributed by atoms with E-state index < -0.39 is 0 Å². The Morgan fingerprint density at radius 2 is 1.36 bits per heavy atom. The van der Waals surface area contributed by atoms with Gasteiger partial charge in [-0.1, -0.05) is 67.6 Å². The van der Waals surface area contributed by atoms with Crippen molar-refractivity contribution in [2.75, 3.05) is 6.54 Å². The molecule has 25 heavy (non-hydrogen) atoms. The summed E-state index contributed by atoms with van der Waals surface area (Å²) < 4.78 is 0. The van der Waals surface area contributed by atoms with Gasteiger partial charge in [0.25, 0.3) is 0 Å². The van der Waals surface area contributed by atoms with Crippen LogP contribution in [-0.2, 0) is 4.79 Å². The van der Waals surface area contributed by atoms with Crippen molar-refractivity contribution in [2.24, 2.45) is 0 Å². The van der Waals surface area contributed by atoms with Crippen molar-refractivity contribution in [3.63, 3.8) is 0 Å². The minimum absolute atomic E-state index is 0.00551. The van der Waals surface area contributed by atoms with Crippen LogP contribution in [0.4, 0.5) is 0 Å². The molecule has 0 unspecified atom stereocenters. The fourth-order valence-electron chi connectivity index (χ4n) is 2.67. The zero-order valence-electron chi connectivity index (χ0n) is 14.7. The summed E-state index contributed by atoms with van der Waals surface area (Å²) in [7, 11) is 0. The summed E-state index contributed by atoms with van der Waals surface area (Å²) in [5, 5.41) is 10.2. The van der Waals surface area contributed by atoms with Gasteiger partial charge in [0, 0.05) is 13.0 Å². The lowest BCUT2D eigenvalue weighted by molar-refractivity contribution is -0.121. The first kappa shape index (κ1) is 18.9. The first-order valence-corrected chi connectivity index (χ1v) is 9.00. The molecule has 5 heteroatoms. The van der Waals surface area contributed by atoms with Crippen molar-refractivity contribution in [3.05, 3.63) is 71.8 Å². The molecule has 4 nitrogen and oxygen atoms in total. The van der Waals surface area contributed by atoms with E-state index in [4.69, 9.17) is 12.2 Å². The van der Waals surface area contributed by atoms with Gasteiger partial charge in [-0.25, -0.2) is 0 Å². The van der Waals surface area contributed by atoms with Crippen LogP contribution >= 0.6 is 12.2 Å². The van der Waals surface area contributed by atoms with E-state index >= 15 is 0 Å². The maximum absolute atomic E-state index is 12.2. The normalized spacial score (nSPS) is 12.7. The number of carbonyl (C=O) groups is 1. The van der Waals surface area contributed by atoms with Gasteiger partial charge >= 0.3 is 0 Å². The van der Waals surface area contributed by atoms with Gasteiger partial charge in [0.1, 0.15) is 0 Å². The van der Waals surface area contributed by atoms with Crippen molar-refractivity contribution in [1.29, 1.82) is 0 Å². The van der Waals surface area contributed by atoms with Crippen molar-refractivity contribution >= 4 is 23.2 Å². The fraction of sp³-hybridized carbons (Fsp3) is 0.300. The summed E-state index contributed by atoms with van der Waals surface area (Å²) in [5.41, 5.74) is 2.10. The number of benzene rings is 2. The molecule has 0 radical (unpaired) electrons. The van der Waals surface area contributed by atoms with E-state index in [2.05, 4.69) is 16.0 Å². The third kappa shape index (κ3) is 5.57. The number of carbonyl (C=O) groups excluding carboxylic acids is 1. The van der Waals surface area contributed by atoms with Gasteiger partial charge in [0.15, 0.2) is 5.11 Å². The molecule has 2 aromatic rings. The molecule has 0 saturated carbocycles. The summed E-state index contributed by atoms with van der Waals surface area (Å²) in [6, 6.07) is 19.6. The Labute approximate surface area is 155 Å². The fourth-order valence-corrected chi connectivity index (χ4v) is 2.94. The number of nitrogens with one attached hydrogen (secondary N) is 3. The maximum atomic E-state index is 12.2. The largest absolute Gasteiger partial charge is 0.363 e. The van der Waals surface area contributed by atoms with E-state index in [-0.39, 0.29) is 18.0 Å². The second kappa shape index (κ2) is 9.79. The number of rotatable bonds is 7. The van der Waals surface area contributed by atoms with Crippen LogP contribution < -0.4 is 16.0 Å². The molecule has 0 aliphatic rings. The highest BCUT2D eigenvalue weighted by atomic mass is 32.1. The standard InChI is InChI=1S/C20H25N3OS/c1-3-17(24)22-18(15-11-7-5-8-12-15)19(23-20(25)21-4-2)16-13-9-6-10-14-16/h5-14,18-19H,3-4H2,1-2H3,(H,22,24)(H2,21,23,25)/t18-,19-/m0/s1. The van der Waals surface area contributed by atoms with Crippen LogP contribution in [0, 0.1) is 0 Å². The highest BCUT2D eigenvalue weighted by molar-refractivity contribution is 7.80. The number of hydrogen-bond donors (Lipinski definition) is 3. The van der Waals surface area contributed by atoms with E-state index in [1.54, 1.807) is 0 Å². The Kier molecular flexibility index (Phi) is 7.41. The van der Waals surface area contributed by atoms with Crippen molar-refractivity contribution in [3.8, 4) is 0 Å². The second-order valence-corrected chi connectivity index (χ2v) is 6.11. The Balaban J connectivity index is 2.40. The minimum Gasteiger partial charge on any atom is -0.363 e. The zero-order valence-corrected chi connectivity index (χ0v) is 15.5. The lowest BCUT2D eigenvalue weighted by Crippen LogP contribution is -2.44. The molecule has 0 spiro atoms. The van der Waals surface area contributed by atoms with Crippen LogP contribution in [-0.4, -0.2) is 17.6 Å². The molecule has 2 atom stereocenters. The van der Waals surface area contributed by atoms with Gasteiger partial charge < -0.3 is 16.0 Å². The molecule has 132 valence electrons. The van der Waals surface area contributed by atoms with Crippen molar-refractivity contribution in [1.82, 2.24) is 16.0 Å². The third-order valence-electron chi connectivity index (χ3n) is 3.91. The predicted molar refractivity (Wildman–Crippen MR) is 106 cm³/mol. The SMILES string of the molecule is CCNC(=S)N[C@@H](c1ccccc1)[C@@H](NC(=O)CC)c1ccccc1. The molecule has 3 N–H and O–H groups in total. The van der Waals surface area contributed by atoms with Gasteiger partial charge in [0.2, 0.25) is 5.91 Å². The summed E-state index contributed by atoms with van der Waals surface area (Å²) in [6.45, 7) is 4.59. The Hall–Kier alpha value is -2.40. The number of amides is 1. The average molecular weight is 356 g/mol. The molecular formula is C20H25N3OS. The van der Waals surface area contributed by atoms with Gasteiger partial charge in [-0.05, 0) is 30.3 Å². The molecule has 0 saturated heterocycles. The van der Waals surface area contributed by atoms with Crippen LogP contribution in [0.15, 0.2) is 60.7 Å². The molecule has 0 fully saturated rings. The zero-order chi connectivity index (χ0) is 18.1. The highest BCUT2D eigenvalue weighted by Gasteiger charge is 2.26. The van der Waals surface area contributed by atoms with Gasteiger partial charge in [-0.3, -0.25) is 4.79 Å². The number of thiocarbonyl (C=S) groups is 1. The Morgan fingerprint density at radius 3 is 1.80 bits per heavy atom. The van der Waals surface area contributed by atoms with Crippen LogP contribution in [0.5, 0.6) is 0 Å². The maximum Gasteiger partial charge on any atom is 0.220 e. The molecule has 0 heterocycles.